The van der Waals surface area contributed by atoms with E-state index in [0.717, 1.165) is 16.9 Å². The maximum Gasteiger partial charge on any atom is 0.266 e. The lowest BCUT2D eigenvalue weighted by Crippen LogP contribution is -2.54. The van der Waals surface area contributed by atoms with Gasteiger partial charge in [-0.05, 0) is 101 Å². The van der Waals surface area contributed by atoms with Crippen molar-refractivity contribution >= 4 is 52.3 Å². The number of hydrogen-bond acceptors (Lipinski definition) is 14. The van der Waals surface area contributed by atoms with Gasteiger partial charge in [-0.1, -0.05) is 24.3 Å². The Labute approximate surface area is 385 Å². The van der Waals surface area contributed by atoms with Crippen molar-refractivity contribution in [2.24, 2.45) is 0 Å². The summed E-state index contributed by atoms with van der Waals surface area (Å²) in [6.07, 6.45) is 4.97. The molecule has 5 heterocycles. The van der Waals surface area contributed by atoms with Crippen molar-refractivity contribution in [2.45, 2.75) is 63.6 Å². The van der Waals surface area contributed by atoms with Crippen molar-refractivity contribution in [3.05, 3.63) is 102 Å². The van der Waals surface area contributed by atoms with Gasteiger partial charge in [0.05, 0.1) is 22.6 Å². The number of rotatable bonds is 15. The molecule has 3 aliphatic heterocycles. The molecule has 3 aromatic carbocycles. The maximum atomic E-state index is 14.0. The molecule has 8 rings (SSSR count). The third kappa shape index (κ3) is 9.56. The van der Waals surface area contributed by atoms with Crippen LogP contribution in [0.15, 0.2) is 90.8 Å². The number of benzene rings is 3. The number of amides is 6. The number of nitrogens with zero attached hydrogens (tertiary/aromatic N) is 8. The molecular formula is C48H49N11O8. The number of carbonyl (C=O) groups is 6. The summed E-state index contributed by atoms with van der Waals surface area (Å²) in [7, 11) is 1.86. The summed E-state index contributed by atoms with van der Waals surface area (Å²) in [4.78, 5) is 90.7. The van der Waals surface area contributed by atoms with Crippen LogP contribution in [0.3, 0.4) is 0 Å². The first kappa shape index (κ1) is 45.6. The first-order valence-corrected chi connectivity index (χ1v) is 21.9. The Bertz CT molecular complexity index is 2840. The molecular weight excluding hydrogens is 859 g/mol. The van der Waals surface area contributed by atoms with Crippen LogP contribution in [0.1, 0.15) is 72.7 Å². The van der Waals surface area contributed by atoms with Gasteiger partial charge < -0.3 is 25.4 Å². The smallest absolute Gasteiger partial charge is 0.266 e. The molecule has 19 heteroatoms. The summed E-state index contributed by atoms with van der Waals surface area (Å²) in [6.45, 7) is 4.88. The minimum absolute atomic E-state index is 0.00570. The number of nitrogen functional groups attached to an aromatic ring is 1. The van der Waals surface area contributed by atoms with E-state index >= 15 is 0 Å². The van der Waals surface area contributed by atoms with Crippen molar-refractivity contribution in [3.8, 4) is 34.6 Å². The number of likely N-dealkylation sites (N-methyl/N-ethyl adjacent to an activating group) is 1. The fraction of sp³-hybridized carbons (Fsp3) is 0.333. The van der Waals surface area contributed by atoms with Gasteiger partial charge in [-0.25, -0.2) is 14.6 Å². The van der Waals surface area contributed by atoms with E-state index in [0.29, 0.717) is 60.7 Å². The summed E-state index contributed by atoms with van der Waals surface area (Å²) >= 11 is 0. The maximum absolute atomic E-state index is 14.0. The van der Waals surface area contributed by atoms with E-state index in [1.54, 1.807) is 11.0 Å². The molecule has 344 valence electrons. The van der Waals surface area contributed by atoms with Gasteiger partial charge in [-0.15, -0.1) is 0 Å². The molecule has 3 aliphatic rings. The standard InChI is InChI=1S/C48H49N11O8/c1-48(2,56(3)22-9-21-51-38(61)27-66-36-14-7-13-34-39(36)47(65)58(46(34)64)35-19-20-37(60)54-44(35)62)24-30(25-49)45(63)57-23-8-10-31(26-57)59-43-40(42(50)52-28-53-43)41(55-59)29-15-17-33(18-16-29)67-32-11-5-4-6-12-32/h4-7,11-18,24,28,31,35H,8-10,19-23,26-27H2,1-3H3,(H,51,61)(H2,50,52,53)(H,54,60,62). The molecule has 2 fully saturated rings. The van der Waals surface area contributed by atoms with E-state index in [2.05, 4.69) is 26.7 Å². The van der Waals surface area contributed by atoms with Crippen molar-refractivity contribution < 1.29 is 38.2 Å². The lowest BCUT2D eigenvalue weighted by Gasteiger charge is -2.35. The Balaban J connectivity index is 0.851. The van der Waals surface area contributed by atoms with E-state index in [-0.39, 0.29) is 59.6 Å². The second-order valence-corrected chi connectivity index (χ2v) is 17.1. The lowest BCUT2D eigenvalue weighted by molar-refractivity contribution is -0.136. The predicted molar refractivity (Wildman–Crippen MR) is 243 cm³/mol. The topological polar surface area (TPSA) is 248 Å². The van der Waals surface area contributed by atoms with Crippen molar-refractivity contribution in [3.63, 3.8) is 0 Å². The number of nitrogens with two attached hydrogens (primary N) is 1. The summed E-state index contributed by atoms with van der Waals surface area (Å²) in [6, 6.07) is 22.2. The van der Waals surface area contributed by atoms with E-state index in [1.165, 1.54) is 24.5 Å². The van der Waals surface area contributed by atoms with Crippen LogP contribution < -0.4 is 25.8 Å². The van der Waals surface area contributed by atoms with Crippen LogP contribution in [0.2, 0.25) is 0 Å². The normalized spacial score (nSPS) is 17.6. The number of carbonyl (C=O) groups excluding carboxylic acids is 6. The van der Waals surface area contributed by atoms with Gasteiger partial charge in [0.1, 0.15) is 52.8 Å². The highest BCUT2D eigenvalue weighted by Crippen LogP contribution is 2.36. The van der Waals surface area contributed by atoms with Crippen LogP contribution in [0.4, 0.5) is 5.82 Å². The number of nitrogens with one attached hydrogen (secondary N) is 2. The summed E-state index contributed by atoms with van der Waals surface area (Å²) < 4.78 is 13.5. The summed E-state index contributed by atoms with van der Waals surface area (Å²) in [5.74, 6) is -1.79. The van der Waals surface area contributed by atoms with Crippen molar-refractivity contribution in [1.29, 1.82) is 5.26 Å². The highest BCUT2D eigenvalue weighted by molar-refractivity contribution is 6.24. The number of ether oxygens (including phenoxy) is 2. The molecule has 0 radical (unpaired) electrons. The molecule has 0 bridgehead atoms. The van der Waals surface area contributed by atoms with Crippen LogP contribution in [-0.2, 0) is 19.2 Å². The van der Waals surface area contributed by atoms with Gasteiger partial charge in [-0.2, -0.15) is 10.4 Å². The Morgan fingerprint density at radius 2 is 1.76 bits per heavy atom. The average Bonchev–Trinajstić information content (AvgIpc) is 3.84. The van der Waals surface area contributed by atoms with Crippen molar-refractivity contribution in [1.82, 2.24) is 45.1 Å². The van der Waals surface area contributed by atoms with Crippen LogP contribution in [0, 0.1) is 11.3 Å². The van der Waals surface area contributed by atoms with Gasteiger partial charge in [0.25, 0.3) is 23.6 Å². The molecule has 2 unspecified atom stereocenters. The second kappa shape index (κ2) is 19.2. The largest absolute Gasteiger partial charge is 0.483 e. The predicted octanol–water partition coefficient (Wildman–Crippen LogP) is 4.18. The number of anilines is 1. The molecule has 0 aliphatic carbocycles. The Morgan fingerprint density at radius 1 is 1.00 bits per heavy atom. The second-order valence-electron chi connectivity index (χ2n) is 17.1. The van der Waals surface area contributed by atoms with Gasteiger partial charge in [0.2, 0.25) is 11.8 Å². The van der Waals surface area contributed by atoms with Crippen LogP contribution in [-0.4, -0.2) is 121 Å². The molecule has 6 amide bonds. The molecule has 0 spiro atoms. The third-order valence-corrected chi connectivity index (χ3v) is 12.3. The molecule has 4 N–H and O–H groups in total. The first-order valence-electron chi connectivity index (χ1n) is 21.9. The van der Waals surface area contributed by atoms with Crippen LogP contribution in [0.5, 0.6) is 17.2 Å². The number of hydrogen-bond donors (Lipinski definition) is 3. The third-order valence-electron chi connectivity index (χ3n) is 12.3. The van der Waals surface area contributed by atoms with Gasteiger partial charge >= 0.3 is 0 Å². The van der Waals surface area contributed by atoms with Crippen molar-refractivity contribution in [2.75, 3.05) is 45.6 Å². The monoisotopic (exact) mass is 907 g/mol. The fourth-order valence-electron chi connectivity index (χ4n) is 8.50. The van der Waals surface area contributed by atoms with Gasteiger partial charge in [0, 0.05) is 43.7 Å². The van der Waals surface area contributed by atoms with E-state index in [4.69, 9.17) is 20.3 Å². The first-order chi connectivity index (χ1) is 32.2. The zero-order valence-electron chi connectivity index (χ0n) is 37.2. The molecule has 2 atom stereocenters. The SMILES string of the molecule is CN(CCCNC(=O)COc1cccc2c1C(=O)N(C1CCC(=O)NC1=O)C2=O)C(C)(C)C=C(C#N)C(=O)N1CCCC(n2nc(-c3ccc(Oc4ccccc4)cc3)c3c(N)ncnc32)C1. The molecule has 2 saturated heterocycles. The zero-order valence-corrected chi connectivity index (χ0v) is 37.2. The van der Waals surface area contributed by atoms with Gasteiger partial charge in [-0.3, -0.25) is 43.9 Å². The quantitative estimate of drug-likeness (QED) is 0.0578. The minimum Gasteiger partial charge on any atom is -0.483 e. The highest BCUT2D eigenvalue weighted by Gasteiger charge is 2.46. The number of para-hydroxylation sites is 1. The number of piperidine rings is 2. The Hall–Kier alpha value is -7.98. The number of fused-ring (bicyclic) bond motifs is 2. The molecule has 5 aromatic rings. The summed E-state index contributed by atoms with van der Waals surface area (Å²) in [5.41, 5.74) is 7.63. The van der Waals surface area contributed by atoms with Crippen LogP contribution >= 0.6 is 0 Å². The van der Waals surface area contributed by atoms with E-state index in [1.807, 2.05) is 85.1 Å². The Kier molecular flexibility index (Phi) is 13.1. The zero-order chi connectivity index (χ0) is 47.4. The Morgan fingerprint density at radius 3 is 2.51 bits per heavy atom. The highest BCUT2D eigenvalue weighted by atomic mass is 16.5. The molecule has 0 saturated carbocycles. The average molecular weight is 908 g/mol. The molecule has 67 heavy (non-hydrogen) atoms. The minimum atomic E-state index is -1.13. The fourth-order valence-corrected chi connectivity index (χ4v) is 8.50. The lowest BCUT2D eigenvalue weighted by atomic mass is 9.97. The molecule has 19 nitrogen and oxygen atoms in total. The summed E-state index contributed by atoms with van der Waals surface area (Å²) in [5, 5.41) is 20.8. The van der Waals surface area contributed by atoms with Gasteiger partial charge in [0.15, 0.2) is 12.3 Å². The number of imide groups is 2. The number of nitriles is 1. The molecule has 2 aromatic heterocycles. The number of likely N-dealkylation sites (tertiary alicyclic amines) is 1. The van der Waals surface area contributed by atoms with Crippen LogP contribution in [0.25, 0.3) is 22.3 Å². The van der Waals surface area contributed by atoms with E-state index < -0.39 is 47.7 Å². The number of aromatic nitrogens is 4. The van der Waals surface area contributed by atoms with E-state index in [9.17, 15) is 34.0 Å².